The first-order chi connectivity index (χ1) is 9.49. The normalized spacial score (nSPS) is 16.5. The lowest BCUT2D eigenvalue weighted by Gasteiger charge is -2.31. The van der Waals surface area contributed by atoms with Crippen LogP contribution >= 0.6 is 0 Å². The fourth-order valence-electron chi connectivity index (χ4n) is 2.46. The predicted molar refractivity (Wildman–Crippen MR) is 82.8 cm³/mol. The van der Waals surface area contributed by atoms with Crippen molar-refractivity contribution in [2.75, 3.05) is 26.2 Å². The summed E-state index contributed by atoms with van der Waals surface area (Å²) in [4.78, 5) is 13.6. The molecule has 0 radical (unpaired) electrons. The van der Waals surface area contributed by atoms with Crippen molar-refractivity contribution >= 4 is 6.09 Å². The van der Waals surface area contributed by atoms with Crippen molar-refractivity contribution in [3.05, 3.63) is 12.2 Å². The zero-order valence-corrected chi connectivity index (χ0v) is 13.3. The van der Waals surface area contributed by atoms with Crippen molar-refractivity contribution in [1.82, 2.24) is 10.2 Å². The van der Waals surface area contributed by atoms with Crippen LogP contribution < -0.4 is 5.32 Å². The van der Waals surface area contributed by atoms with E-state index in [4.69, 9.17) is 4.74 Å². The average Bonchev–Trinajstić information content (AvgIpc) is 2.41. The van der Waals surface area contributed by atoms with Gasteiger partial charge in [-0.1, -0.05) is 20.4 Å². The molecule has 0 spiro atoms. The summed E-state index contributed by atoms with van der Waals surface area (Å²) in [5, 5.41) is 3.45. The molecule has 1 N–H and O–H groups in total. The Morgan fingerprint density at radius 2 is 2.05 bits per heavy atom. The van der Waals surface area contributed by atoms with Gasteiger partial charge in [0.15, 0.2) is 0 Å². The minimum absolute atomic E-state index is 0.187. The molecule has 1 amide bonds. The second kappa shape index (κ2) is 9.01. The van der Waals surface area contributed by atoms with Gasteiger partial charge >= 0.3 is 6.09 Å². The van der Waals surface area contributed by atoms with E-state index in [1.807, 2.05) is 11.8 Å². The Morgan fingerprint density at radius 1 is 1.40 bits per heavy atom. The van der Waals surface area contributed by atoms with Crippen molar-refractivity contribution in [2.45, 2.75) is 52.5 Å². The van der Waals surface area contributed by atoms with E-state index in [-0.39, 0.29) is 6.09 Å². The Hall–Kier alpha value is -1.03. The summed E-state index contributed by atoms with van der Waals surface area (Å²) in [5.74, 6) is 0.758. The van der Waals surface area contributed by atoms with Crippen LogP contribution in [0.3, 0.4) is 0 Å². The van der Waals surface area contributed by atoms with E-state index in [0.29, 0.717) is 12.6 Å². The zero-order valence-electron chi connectivity index (χ0n) is 13.3. The number of carbonyl (C=O) groups is 1. The molecule has 0 aromatic carbocycles. The molecule has 1 rings (SSSR count). The lowest BCUT2D eigenvalue weighted by Crippen LogP contribution is -2.39. The second-order valence-electron chi connectivity index (χ2n) is 6.19. The molecule has 0 saturated carbocycles. The quantitative estimate of drug-likeness (QED) is 0.576. The molecule has 1 aliphatic heterocycles. The number of carbonyl (C=O) groups excluding carboxylic acids is 1. The number of amides is 1. The van der Waals surface area contributed by atoms with Crippen molar-refractivity contribution in [3.63, 3.8) is 0 Å². The molecular weight excluding hydrogens is 252 g/mol. The molecule has 20 heavy (non-hydrogen) atoms. The third-order valence-electron chi connectivity index (χ3n) is 3.66. The lowest BCUT2D eigenvalue weighted by atomic mass is 9.92. The van der Waals surface area contributed by atoms with Crippen molar-refractivity contribution in [3.8, 4) is 0 Å². The summed E-state index contributed by atoms with van der Waals surface area (Å²) in [6, 6.07) is 0.569. The average molecular weight is 282 g/mol. The van der Waals surface area contributed by atoms with E-state index >= 15 is 0 Å². The molecule has 0 atom stereocenters. The first-order valence-electron chi connectivity index (χ1n) is 7.78. The minimum Gasteiger partial charge on any atom is -0.445 e. The van der Waals surface area contributed by atoms with Gasteiger partial charge < -0.3 is 15.0 Å². The Kier molecular flexibility index (Phi) is 7.67. The highest BCUT2D eigenvalue weighted by Gasteiger charge is 2.23. The van der Waals surface area contributed by atoms with Gasteiger partial charge in [-0.3, -0.25) is 0 Å². The Bertz CT molecular complexity index is 308. The first-order valence-corrected chi connectivity index (χ1v) is 7.78. The Balaban J connectivity index is 2.13. The lowest BCUT2D eigenvalue weighted by molar-refractivity contribution is 0.0933. The minimum atomic E-state index is -0.187. The molecule has 0 aliphatic carbocycles. The monoisotopic (exact) mass is 282 g/mol. The van der Waals surface area contributed by atoms with Crippen molar-refractivity contribution in [2.24, 2.45) is 5.92 Å². The fraction of sp³-hybridized carbons (Fsp3) is 0.812. The van der Waals surface area contributed by atoms with Crippen LogP contribution in [0.5, 0.6) is 0 Å². The molecular formula is C16H30N2O2. The number of rotatable bonds is 7. The molecule has 1 aliphatic rings. The van der Waals surface area contributed by atoms with Crippen LogP contribution in [0.25, 0.3) is 0 Å². The first kappa shape index (κ1) is 17.0. The van der Waals surface area contributed by atoms with Gasteiger partial charge in [0.2, 0.25) is 0 Å². The third-order valence-corrected chi connectivity index (χ3v) is 3.66. The molecule has 1 fully saturated rings. The van der Waals surface area contributed by atoms with Gasteiger partial charge in [0, 0.05) is 19.1 Å². The summed E-state index contributed by atoms with van der Waals surface area (Å²) >= 11 is 0. The van der Waals surface area contributed by atoms with Crippen LogP contribution in [0.15, 0.2) is 12.2 Å². The van der Waals surface area contributed by atoms with Gasteiger partial charge in [-0.05, 0) is 50.6 Å². The third kappa shape index (κ3) is 6.94. The van der Waals surface area contributed by atoms with E-state index in [1.54, 1.807) is 0 Å². The molecule has 1 saturated heterocycles. The Morgan fingerprint density at radius 3 is 2.60 bits per heavy atom. The Labute approximate surface area is 123 Å². The molecule has 116 valence electrons. The van der Waals surface area contributed by atoms with Crippen molar-refractivity contribution in [1.29, 1.82) is 0 Å². The molecule has 1 heterocycles. The number of likely N-dealkylation sites (tertiary alicyclic amines) is 1. The highest BCUT2D eigenvalue weighted by molar-refractivity contribution is 5.67. The highest BCUT2D eigenvalue weighted by Crippen LogP contribution is 2.22. The van der Waals surface area contributed by atoms with Gasteiger partial charge in [0.25, 0.3) is 0 Å². The molecule has 0 aromatic rings. The van der Waals surface area contributed by atoms with E-state index in [9.17, 15) is 4.79 Å². The van der Waals surface area contributed by atoms with Crippen LogP contribution in [0.1, 0.15) is 46.5 Å². The van der Waals surface area contributed by atoms with Crippen LogP contribution in [0, 0.1) is 5.92 Å². The standard InChI is InChI=1S/C16H30N2O2/c1-13(2)12-20-16(19)18-10-7-15(8-11-18)6-5-9-17-14(3)4/h14-15,17H,1,5-12H2,2-4H3. The largest absolute Gasteiger partial charge is 0.445 e. The molecule has 0 unspecified atom stereocenters. The number of ether oxygens (including phenoxy) is 1. The SMILES string of the molecule is C=C(C)COC(=O)N1CCC(CCCNC(C)C)CC1. The summed E-state index contributed by atoms with van der Waals surface area (Å²) in [7, 11) is 0. The van der Waals surface area contributed by atoms with Gasteiger partial charge in [-0.25, -0.2) is 4.79 Å². The smallest absolute Gasteiger partial charge is 0.410 e. The molecule has 0 bridgehead atoms. The van der Waals surface area contributed by atoms with Crippen molar-refractivity contribution < 1.29 is 9.53 Å². The number of hydrogen-bond donors (Lipinski definition) is 1. The summed E-state index contributed by atoms with van der Waals surface area (Å²) in [5.41, 5.74) is 0.880. The zero-order chi connectivity index (χ0) is 15.0. The van der Waals surface area contributed by atoms with Crippen LogP contribution in [-0.4, -0.2) is 43.3 Å². The maximum Gasteiger partial charge on any atom is 0.410 e. The van der Waals surface area contributed by atoms with E-state index in [1.165, 1.54) is 12.8 Å². The van der Waals surface area contributed by atoms with Gasteiger partial charge in [-0.2, -0.15) is 0 Å². The summed E-state index contributed by atoms with van der Waals surface area (Å²) in [6.45, 7) is 13.0. The number of hydrogen-bond acceptors (Lipinski definition) is 3. The topological polar surface area (TPSA) is 41.6 Å². The second-order valence-corrected chi connectivity index (χ2v) is 6.19. The fourth-order valence-corrected chi connectivity index (χ4v) is 2.46. The predicted octanol–water partition coefficient (Wildman–Crippen LogP) is 3.19. The van der Waals surface area contributed by atoms with E-state index in [2.05, 4.69) is 25.7 Å². The number of piperidine rings is 1. The molecule has 4 heteroatoms. The van der Waals surface area contributed by atoms with E-state index in [0.717, 1.165) is 44.0 Å². The molecule has 4 nitrogen and oxygen atoms in total. The van der Waals surface area contributed by atoms with Crippen LogP contribution in [-0.2, 0) is 4.74 Å². The number of nitrogens with zero attached hydrogens (tertiary/aromatic N) is 1. The maximum atomic E-state index is 11.8. The molecule has 0 aromatic heterocycles. The van der Waals surface area contributed by atoms with E-state index < -0.39 is 0 Å². The maximum absolute atomic E-state index is 11.8. The summed E-state index contributed by atoms with van der Waals surface area (Å²) in [6.07, 6.45) is 4.50. The van der Waals surface area contributed by atoms with Crippen LogP contribution in [0.2, 0.25) is 0 Å². The van der Waals surface area contributed by atoms with Crippen LogP contribution in [0.4, 0.5) is 4.79 Å². The van der Waals surface area contributed by atoms with Gasteiger partial charge in [0.1, 0.15) is 6.61 Å². The van der Waals surface area contributed by atoms with Gasteiger partial charge in [-0.15, -0.1) is 0 Å². The summed E-state index contributed by atoms with van der Waals surface area (Å²) < 4.78 is 5.18. The highest BCUT2D eigenvalue weighted by atomic mass is 16.6. The number of nitrogens with one attached hydrogen (secondary N) is 1. The van der Waals surface area contributed by atoms with Gasteiger partial charge in [0.05, 0.1) is 0 Å².